The number of halogens is 1. The van der Waals surface area contributed by atoms with Gasteiger partial charge in [0.1, 0.15) is 0 Å². The summed E-state index contributed by atoms with van der Waals surface area (Å²) in [6.45, 7) is 4.15. The molecule has 0 saturated carbocycles. The van der Waals surface area contributed by atoms with E-state index in [1.54, 1.807) is 12.1 Å². The van der Waals surface area contributed by atoms with E-state index < -0.39 is 5.67 Å². The van der Waals surface area contributed by atoms with E-state index in [-0.39, 0.29) is 13.0 Å². The quantitative estimate of drug-likeness (QED) is 0.879. The summed E-state index contributed by atoms with van der Waals surface area (Å²) in [5, 5.41) is 4.46. The third-order valence-corrected chi connectivity index (χ3v) is 3.78. The maximum Gasteiger partial charge on any atom is 0.153 e. The highest BCUT2D eigenvalue weighted by Crippen LogP contribution is 2.29. The minimum Gasteiger partial charge on any atom is -0.327 e. The zero-order chi connectivity index (χ0) is 14.6. The van der Waals surface area contributed by atoms with Gasteiger partial charge in [-0.25, -0.2) is 4.39 Å². The molecular weight excluding hydrogens is 253 g/mol. The Bertz CT molecular complexity index is 538. The molecule has 0 spiro atoms. The van der Waals surface area contributed by atoms with Crippen LogP contribution in [0.2, 0.25) is 0 Å². The van der Waals surface area contributed by atoms with Gasteiger partial charge in [0.2, 0.25) is 0 Å². The predicted molar refractivity (Wildman–Crippen MR) is 79.2 cm³/mol. The first-order valence-corrected chi connectivity index (χ1v) is 7.07. The predicted octanol–water partition coefficient (Wildman–Crippen LogP) is 3.22. The van der Waals surface area contributed by atoms with Gasteiger partial charge >= 0.3 is 0 Å². The summed E-state index contributed by atoms with van der Waals surface area (Å²) in [4.78, 5) is 0. The van der Waals surface area contributed by atoms with E-state index in [0.29, 0.717) is 11.6 Å². The molecule has 0 aliphatic rings. The molecule has 2 unspecified atom stereocenters. The van der Waals surface area contributed by atoms with Crippen LogP contribution in [-0.2, 0) is 12.1 Å². The van der Waals surface area contributed by atoms with E-state index in [1.807, 2.05) is 35.1 Å². The van der Waals surface area contributed by atoms with Crippen molar-refractivity contribution in [1.82, 2.24) is 9.78 Å². The number of hydrogen-bond donors (Lipinski definition) is 1. The molecule has 1 heterocycles. The Morgan fingerprint density at radius 1 is 1.30 bits per heavy atom. The summed E-state index contributed by atoms with van der Waals surface area (Å²) in [6, 6.07) is 11.3. The van der Waals surface area contributed by atoms with Crippen LogP contribution in [0.1, 0.15) is 37.6 Å². The van der Waals surface area contributed by atoms with Crippen molar-refractivity contribution >= 4 is 0 Å². The van der Waals surface area contributed by atoms with Gasteiger partial charge in [0.05, 0.1) is 5.69 Å². The average Bonchev–Trinajstić information content (AvgIpc) is 2.95. The molecule has 0 bridgehead atoms. The molecule has 2 aromatic rings. The molecule has 0 fully saturated rings. The molecule has 3 nitrogen and oxygen atoms in total. The van der Waals surface area contributed by atoms with Crippen molar-refractivity contribution in [1.29, 1.82) is 0 Å². The van der Waals surface area contributed by atoms with Gasteiger partial charge in [0.25, 0.3) is 0 Å². The van der Waals surface area contributed by atoms with Crippen LogP contribution in [0.3, 0.4) is 0 Å². The van der Waals surface area contributed by atoms with Crippen molar-refractivity contribution in [3.05, 3.63) is 53.9 Å². The van der Waals surface area contributed by atoms with E-state index in [4.69, 9.17) is 5.73 Å². The monoisotopic (exact) mass is 275 g/mol. The van der Waals surface area contributed by atoms with Crippen LogP contribution in [0, 0.1) is 0 Å². The largest absolute Gasteiger partial charge is 0.327 e. The van der Waals surface area contributed by atoms with Crippen molar-refractivity contribution in [3.8, 4) is 0 Å². The molecule has 0 aliphatic heterocycles. The third kappa shape index (κ3) is 3.07. The number of benzene rings is 1. The number of nitrogens with two attached hydrogens (primary N) is 1. The average molecular weight is 275 g/mol. The number of rotatable bonds is 6. The molecule has 0 amide bonds. The molecular formula is C16H22FN3. The van der Waals surface area contributed by atoms with Gasteiger partial charge in [-0.1, -0.05) is 37.3 Å². The normalized spacial score (nSPS) is 15.8. The SMILES string of the molecule is CCC(C)n1ccc(CC(F)(CN)c2ccccc2)n1. The molecule has 2 rings (SSSR count). The molecule has 2 atom stereocenters. The first-order chi connectivity index (χ1) is 9.59. The van der Waals surface area contributed by atoms with Gasteiger partial charge in [-0.15, -0.1) is 0 Å². The number of aromatic nitrogens is 2. The summed E-state index contributed by atoms with van der Waals surface area (Å²) in [7, 11) is 0. The van der Waals surface area contributed by atoms with E-state index >= 15 is 4.39 Å². The highest BCUT2D eigenvalue weighted by atomic mass is 19.1. The lowest BCUT2D eigenvalue weighted by molar-refractivity contribution is 0.173. The van der Waals surface area contributed by atoms with Crippen LogP contribution in [0.5, 0.6) is 0 Å². The molecule has 20 heavy (non-hydrogen) atoms. The van der Waals surface area contributed by atoms with Gasteiger partial charge in [-0.2, -0.15) is 5.10 Å². The van der Waals surface area contributed by atoms with Gasteiger partial charge in [-0.3, -0.25) is 4.68 Å². The second kappa shape index (κ2) is 6.18. The Morgan fingerprint density at radius 3 is 2.60 bits per heavy atom. The Kier molecular flexibility index (Phi) is 4.55. The maximum atomic E-state index is 15.1. The Labute approximate surface area is 119 Å². The maximum absolute atomic E-state index is 15.1. The molecule has 2 N–H and O–H groups in total. The summed E-state index contributed by atoms with van der Waals surface area (Å²) >= 11 is 0. The Balaban J connectivity index is 2.20. The zero-order valence-electron chi connectivity index (χ0n) is 12.1. The Morgan fingerprint density at radius 2 is 2.00 bits per heavy atom. The Hall–Kier alpha value is -1.68. The molecule has 0 radical (unpaired) electrons. The van der Waals surface area contributed by atoms with Crippen LogP contribution in [0.25, 0.3) is 0 Å². The van der Waals surface area contributed by atoms with Crippen LogP contribution in [0.15, 0.2) is 42.6 Å². The standard InChI is InChI=1S/C16H22FN3/c1-3-13(2)20-10-9-15(19-20)11-16(17,12-18)14-7-5-4-6-8-14/h4-10,13H,3,11-12,18H2,1-2H3. The van der Waals surface area contributed by atoms with E-state index in [2.05, 4.69) is 18.9 Å². The summed E-state index contributed by atoms with van der Waals surface area (Å²) in [5.41, 5.74) is 5.46. The number of nitrogens with zero attached hydrogens (tertiary/aromatic N) is 2. The molecule has 0 aliphatic carbocycles. The minimum absolute atomic E-state index is 0.0484. The van der Waals surface area contributed by atoms with Gasteiger partial charge < -0.3 is 5.73 Å². The molecule has 4 heteroatoms. The van der Waals surface area contributed by atoms with Gasteiger partial charge in [0.15, 0.2) is 5.67 Å². The van der Waals surface area contributed by atoms with Gasteiger partial charge in [0, 0.05) is 25.2 Å². The summed E-state index contributed by atoms with van der Waals surface area (Å²) in [6.07, 6.45) is 3.11. The second-order valence-electron chi connectivity index (χ2n) is 5.26. The molecule has 108 valence electrons. The fraction of sp³-hybridized carbons (Fsp3) is 0.438. The molecule has 1 aromatic heterocycles. The highest BCUT2D eigenvalue weighted by molar-refractivity contribution is 5.25. The van der Waals surface area contributed by atoms with Crippen LogP contribution < -0.4 is 5.73 Å². The van der Waals surface area contributed by atoms with Crippen LogP contribution in [-0.4, -0.2) is 16.3 Å². The second-order valence-corrected chi connectivity index (χ2v) is 5.26. The zero-order valence-corrected chi connectivity index (χ0v) is 12.1. The van der Waals surface area contributed by atoms with Crippen molar-refractivity contribution in [2.75, 3.05) is 6.54 Å². The summed E-state index contributed by atoms with van der Waals surface area (Å²) < 4.78 is 16.9. The summed E-state index contributed by atoms with van der Waals surface area (Å²) in [5.74, 6) is 0. The van der Waals surface area contributed by atoms with Crippen molar-refractivity contribution in [2.24, 2.45) is 5.73 Å². The molecule has 0 saturated heterocycles. The van der Waals surface area contributed by atoms with Crippen molar-refractivity contribution in [2.45, 2.75) is 38.4 Å². The van der Waals surface area contributed by atoms with Crippen molar-refractivity contribution in [3.63, 3.8) is 0 Å². The van der Waals surface area contributed by atoms with E-state index in [9.17, 15) is 0 Å². The van der Waals surface area contributed by atoms with Crippen LogP contribution in [0.4, 0.5) is 4.39 Å². The first kappa shape index (κ1) is 14.7. The van der Waals surface area contributed by atoms with Crippen molar-refractivity contribution < 1.29 is 4.39 Å². The fourth-order valence-corrected chi connectivity index (χ4v) is 2.22. The number of hydrogen-bond acceptors (Lipinski definition) is 2. The highest BCUT2D eigenvalue weighted by Gasteiger charge is 2.31. The van der Waals surface area contributed by atoms with E-state index in [1.165, 1.54) is 0 Å². The fourth-order valence-electron chi connectivity index (χ4n) is 2.22. The smallest absolute Gasteiger partial charge is 0.153 e. The third-order valence-electron chi connectivity index (χ3n) is 3.78. The lowest BCUT2D eigenvalue weighted by atomic mass is 9.91. The minimum atomic E-state index is -1.56. The molecule has 1 aromatic carbocycles. The first-order valence-electron chi connectivity index (χ1n) is 7.07. The number of alkyl halides is 1. The lowest BCUT2D eigenvalue weighted by Crippen LogP contribution is -2.33. The lowest BCUT2D eigenvalue weighted by Gasteiger charge is -2.23. The van der Waals surface area contributed by atoms with E-state index in [0.717, 1.165) is 12.1 Å². The van der Waals surface area contributed by atoms with Gasteiger partial charge in [-0.05, 0) is 25.0 Å². The topological polar surface area (TPSA) is 43.8 Å². The van der Waals surface area contributed by atoms with Crippen LogP contribution >= 0.6 is 0 Å².